The van der Waals surface area contributed by atoms with Crippen LogP contribution in [0.1, 0.15) is 35.2 Å². The van der Waals surface area contributed by atoms with Crippen LogP contribution in [-0.4, -0.2) is 11.8 Å². The summed E-state index contributed by atoms with van der Waals surface area (Å²) < 4.78 is 0. The van der Waals surface area contributed by atoms with Crippen LogP contribution < -0.4 is 10.6 Å². The van der Waals surface area contributed by atoms with Gasteiger partial charge in [0.25, 0.3) is 5.91 Å². The van der Waals surface area contributed by atoms with Crippen molar-refractivity contribution in [2.45, 2.75) is 19.3 Å². The number of hydrogen-bond acceptors (Lipinski definition) is 2. The molecular weight excluding hydrogens is 407 g/mol. The number of carbonyl (C=O) groups is 2. The molecule has 2 N–H and O–H groups in total. The van der Waals surface area contributed by atoms with Gasteiger partial charge in [-0.1, -0.05) is 78.7 Å². The quantitative estimate of drug-likeness (QED) is 0.480. The minimum absolute atomic E-state index is 0.172. The zero-order valence-electron chi connectivity index (χ0n) is 15.8. The summed E-state index contributed by atoms with van der Waals surface area (Å²) >= 11 is 12.3. The van der Waals surface area contributed by atoms with E-state index in [0.29, 0.717) is 33.4 Å². The summed E-state index contributed by atoms with van der Waals surface area (Å²) in [6.07, 6.45) is 0.638. The summed E-state index contributed by atoms with van der Waals surface area (Å²) in [5.74, 6) is -0.899. The Bertz CT molecular complexity index is 1000. The van der Waals surface area contributed by atoms with Crippen LogP contribution in [0, 0.1) is 0 Å². The number of para-hydroxylation sites is 2. The fraction of sp³-hybridized carbons (Fsp3) is 0.130. The first kappa shape index (κ1) is 20.9. The molecule has 3 aromatic carbocycles. The van der Waals surface area contributed by atoms with Crippen molar-refractivity contribution in [3.63, 3.8) is 0 Å². The van der Waals surface area contributed by atoms with Crippen molar-refractivity contribution in [1.29, 1.82) is 0 Å². The number of anilines is 2. The van der Waals surface area contributed by atoms with Crippen LogP contribution in [0.15, 0.2) is 72.8 Å². The van der Waals surface area contributed by atoms with E-state index in [1.807, 2.05) is 37.3 Å². The predicted molar refractivity (Wildman–Crippen MR) is 119 cm³/mol. The highest BCUT2D eigenvalue weighted by Crippen LogP contribution is 2.31. The van der Waals surface area contributed by atoms with Gasteiger partial charge in [0, 0.05) is 0 Å². The summed E-state index contributed by atoms with van der Waals surface area (Å²) in [7, 11) is 0. The molecule has 0 bridgehead atoms. The Balaban J connectivity index is 1.83. The van der Waals surface area contributed by atoms with Gasteiger partial charge in [0.1, 0.15) is 0 Å². The van der Waals surface area contributed by atoms with Gasteiger partial charge in [-0.3, -0.25) is 9.59 Å². The molecule has 3 rings (SSSR count). The number of rotatable bonds is 6. The second kappa shape index (κ2) is 9.59. The average Bonchev–Trinajstić information content (AvgIpc) is 2.72. The lowest BCUT2D eigenvalue weighted by Crippen LogP contribution is -2.23. The Kier molecular flexibility index (Phi) is 6.91. The maximum Gasteiger partial charge on any atom is 0.257 e. The van der Waals surface area contributed by atoms with Crippen LogP contribution in [0.25, 0.3) is 0 Å². The molecule has 6 heteroatoms. The largest absolute Gasteiger partial charge is 0.325 e. The standard InChI is InChI=1S/C23H20Cl2N2O2/c1-2-16(15-9-4-3-5-10-15)22(28)26-20-14-7-6-11-17(20)23(29)27-21-18(24)12-8-13-19(21)25/h3-14,16H,2H2,1H3,(H,26,28)(H,27,29). The van der Waals surface area contributed by atoms with E-state index in [1.54, 1.807) is 42.5 Å². The van der Waals surface area contributed by atoms with Gasteiger partial charge in [0.2, 0.25) is 5.91 Å². The second-order valence-corrected chi connectivity index (χ2v) is 7.27. The summed E-state index contributed by atoms with van der Waals surface area (Å²) in [5.41, 5.74) is 2.00. The van der Waals surface area contributed by atoms with E-state index in [9.17, 15) is 9.59 Å². The molecule has 0 aromatic heterocycles. The molecule has 148 valence electrons. The Labute approximate surface area is 179 Å². The molecule has 29 heavy (non-hydrogen) atoms. The van der Waals surface area contributed by atoms with Crippen LogP contribution in [0.5, 0.6) is 0 Å². The van der Waals surface area contributed by atoms with E-state index in [1.165, 1.54) is 0 Å². The molecule has 0 aliphatic rings. The van der Waals surface area contributed by atoms with E-state index in [-0.39, 0.29) is 11.8 Å². The molecule has 1 atom stereocenters. The maximum atomic E-state index is 12.9. The molecule has 1 unspecified atom stereocenters. The van der Waals surface area contributed by atoms with Gasteiger partial charge in [-0.05, 0) is 36.2 Å². The van der Waals surface area contributed by atoms with Crippen LogP contribution >= 0.6 is 23.2 Å². The van der Waals surface area contributed by atoms with Gasteiger partial charge in [-0.2, -0.15) is 0 Å². The van der Waals surface area contributed by atoms with E-state index in [2.05, 4.69) is 10.6 Å². The number of halogens is 2. The van der Waals surface area contributed by atoms with Gasteiger partial charge in [-0.15, -0.1) is 0 Å². The fourth-order valence-corrected chi connectivity index (χ4v) is 3.56. The monoisotopic (exact) mass is 426 g/mol. The molecule has 0 saturated carbocycles. The number of carbonyl (C=O) groups excluding carboxylic acids is 2. The minimum atomic E-state index is -0.413. The Morgan fingerprint density at radius 3 is 2.10 bits per heavy atom. The van der Waals surface area contributed by atoms with Gasteiger partial charge in [0.05, 0.1) is 32.9 Å². The normalized spacial score (nSPS) is 11.6. The SMILES string of the molecule is CCC(C(=O)Nc1ccccc1C(=O)Nc1c(Cl)cccc1Cl)c1ccccc1. The lowest BCUT2D eigenvalue weighted by Gasteiger charge is -2.17. The highest BCUT2D eigenvalue weighted by atomic mass is 35.5. The third-order valence-electron chi connectivity index (χ3n) is 4.56. The minimum Gasteiger partial charge on any atom is -0.325 e. The first-order chi connectivity index (χ1) is 14.0. The molecule has 0 saturated heterocycles. The third kappa shape index (κ3) is 4.97. The number of benzene rings is 3. The topological polar surface area (TPSA) is 58.2 Å². The molecule has 4 nitrogen and oxygen atoms in total. The Morgan fingerprint density at radius 2 is 1.45 bits per heavy atom. The third-order valence-corrected chi connectivity index (χ3v) is 5.19. The molecule has 3 aromatic rings. The van der Waals surface area contributed by atoms with Crippen LogP contribution in [0.3, 0.4) is 0 Å². The molecular formula is C23H20Cl2N2O2. The van der Waals surface area contributed by atoms with Gasteiger partial charge >= 0.3 is 0 Å². The van der Waals surface area contributed by atoms with Crippen LogP contribution in [0.2, 0.25) is 10.0 Å². The first-order valence-electron chi connectivity index (χ1n) is 9.21. The van der Waals surface area contributed by atoms with Crippen molar-refractivity contribution < 1.29 is 9.59 Å². The molecule has 0 aliphatic carbocycles. The highest BCUT2D eigenvalue weighted by molar-refractivity contribution is 6.40. The molecule has 0 radical (unpaired) electrons. The van der Waals surface area contributed by atoms with Gasteiger partial charge in [-0.25, -0.2) is 0 Å². The first-order valence-corrected chi connectivity index (χ1v) is 9.97. The molecule has 0 aliphatic heterocycles. The molecule has 0 fully saturated rings. The van der Waals surface area contributed by atoms with E-state index in [0.717, 1.165) is 5.56 Å². The summed E-state index contributed by atoms with van der Waals surface area (Å²) in [6.45, 7) is 1.95. The lowest BCUT2D eigenvalue weighted by molar-refractivity contribution is -0.117. The van der Waals surface area contributed by atoms with Crippen LogP contribution in [-0.2, 0) is 4.79 Å². The predicted octanol–water partition coefficient (Wildman–Crippen LogP) is 6.38. The van der Waals surface area contributed by atoms with Crippen molar-refractivity contribution in [3.8, 4) is 0 Å². The number of hydrogen-bond donors (Lipinski definition) is 2. The van der Waals surface area contributed by atoms with E-state index >= 15 is 0 Å². The highest BCUT2D eigenvalue weighted by Gasteiger charge is 2.21. The van der Waals surface area contributed by atoms with Crippen molar-refractivity contribution in [2.75, 3.05) is 10.6 Å². The van der Waals surface area contributed by atoms with E-state index in [4.69, 9.17) is 23.2 Å². The number of nitrogens with one attached hydrogen (secondary N) is 2. The zero-order valence-corrected chi connectivity index (χ0v) is 17.3. The fourth-order valence-electron chi connectivity index (χ4n) is 3.07. The maximum absolute atomic E-state index is 12.9. The average molecular weight is 427 g/mol. The van der Waals surface area contributed by atoms with Crippen LogP contribution in [0.4, 0.5) is 11.4 Å². The lowest BCUT2D eigenvalue weighted by atomic mass is 9.95. The zero-order chi connectivity index (χ0) is 20.8. The second-order valence-electron chi connectivity index (χ2n) is 6.46. The smallest absolute Gasteiger partial charge is 0.257 e. The Morgan fingerprint density at radius 1 is 0.828 bits per heavy atom. The van der Waals surface area contributed by atoms with Crippen molar-refractivity contribution >= 4 is 46.4 Å². The Hall–Kier alpha value is -2.82. The van der Waals surface area contributed by atoms with Crippen molar-refractivity contribution in [2.24, 2.45) is 0 Å². The van der Waals surface area contributed by atoms with Gasteiger partial charge < -0.3 is 10.6 Å². The van der Waals surface area contributed by atoms with Crippen molar-refractivity contribution in [3.05, 3.63) is 94.0 Å². The summed E-state index contributed by atoms with van der Waals surface area (Å²) in [5, 5.41) is 6.29. The summed E-state index contributed by atoms with van der Waals surface area (Å²) in [4.78, 5) is 25.8. The van der Waals surface area contributed by atoms with Crippen molar-refractivity contribution in [1.82, 2.24) is 0 Å². The molecule has 0 heterocycles. The summed E-state index contributed by atoms with van der Waals surface area (Å²) in [6, 6.07) is 21.4. The molecule has 2 amide bonds. The van der Waals surface area contributed by atoms with Gasteiger partial charge in [0.15, 0.2) is 0 Å². The molecule has 0 spiro atoms. The number of amides is 2. The van der Waals surface area contributed by atoms with E-state index < -0.39 is 5.91 Å².